The molecule has 22 heavy (non-hydrogen) atoms. The van der Waals surface area contributed by atoms with Crippen LogP contribution < -0.4 is 5.32 Å². The summed E-state index contributed by atoms with van der Waals surface area (Å²) in [4.78, 5) is 29.1. The van der Waals surface area contributed by atoms with E-state index in [0.717, 1.165) is 31.8 Å². The largest absolute Gasteiger partial charge is 0.342 e. The third-order valence-electron chi connectivity index (χ3n) is 5.48. The van der Waals surface area contributed by atoms with E-state index < -0.39 is 0 Å². The average Bonchev–Trinajstić information content (AvgIpc) is 2.53. The smallest absolute Gasteiger partial charge is 0.245 e. The summed E-state index contributed by atoms with van der Waals surface area (Å²) in [6, 6.07) is -0.559. The number of hydrogen-bond donors (Lipinski definition) is 1. The Morgan fingerprint density at radius 1 is 1.14 bits per heavy atom. The van der Waals surface area contributed by atoms with Crippen LogP contribution in [0.2, 0.25) is 0 Å². The molecule has 2 atom stereocenters. The van der Waals surface area contributed by atoms with E-state index in [1.807, 2.05) is 11.8 Å². The first-order valence-electron chi connectivity index (χ1n) is 9.02. The molecule has 0 bridgehead atoms. The second-order valence-corrected chi connectivity index (χ2v) is 7.16. The Kier molecular flexibility index (Phi) is 5.01. The van der Waals surface area contributed by atoms with Crippen molar-refractivity contribution >= 4 is 11.8 Å². The molecule has 0 unspecified atom stereocenters. The number of rotatable bonds is 4. The van der Waals surface area contributed by atoms with E-state index in [1.165, 1.54) is 32.1 Å². The lowest BCUT2D eigenvalue weighted by Gasteiger charge is -2.46. The molecule has 5 nitrogen and oxygen atoms in total. The molecule has 5 heteroatoms. The molecule has 3 fully saturated rings. The minimum atomic E-state index is -0.293. The van der Waals surface area contributed by atoms with Crippen LogP contribution in [0.4, 0.5) is 0 Å². The fourth-order valence-electron chi connectivity index (χ4n) is 4.24. The normalized spacial score (nSPS) is 31.0. The molecule has 124 valence electrons. The van der Waals surface area contributed by atoms with Crippen LogP contribution in [0.15, 0.2) is 0 Å². The van der Waals surface area contributed by atoms with Crippen LogP contribution in [0.25, 0.3) is 0 Å². The summed E-state index contributed by atoms with van der Waals surface area (Å²) in [5.41, 5.74) is 0. The zero-order chi connectivity index (χ0) is 15.5. The summed E-state index contributed by atoms with van der Waals surface area (Å²) in [5, 5.41) is 2.93. The maximum Gasteiger partial charge on any atom is 0.245 e. The lowest BCUT2D eigenvalue weighted by atomic mass is 9.88. The fourth-order valence-corrected chi connectivity index (χ4v) is 4.24. The Balaban J connectivity index is 1.58. The average molecular weight is 307 g/mol. The van der Waals surface area contributed by atoms with Gasteiger partial charge in [0.05, 0.1) is 0 Å². The minimum absolute atomic E-state index is 0.0476. The summed E-state index contributed by atoms with van der Waals surface area (Å²) in [5.74, 6) is 0.964. The van der Waals surface area contributed by atoms with Gasteiger partial charge in [0.25, 0.3) is 0 Å². The lowest BCUT2D eigenvalue weighted by molar-refractivity contribution is -0.153. The van der Waals surface area contributed by atoms with Crippen molar-refractivity contribution in [2.45, 2.75) is 64.0 Å². The Labute approximate surface area is 133 Å². The van der Waals surface area contributed by atoms with E-state index in [1.54, 1.807) is 0 Å². The highest BCUT2D eigenvalue weighted by molar-refractivity contribution is 5.97. The number of hydrogen-bond acceptors (Lipinski definition) is 3. The van der Waals surface area contributed by atoms with E-state index in [2.05, 4.69) is 10.2 Å². The minimum Gasteiger partial charge on any atom is -0.342 e. The summed E-state index contributed by atoms with van der Waals surface area (Å²) < 4.78 is 0. The van der Waals surface area contributed by atoms with Gasteiger partial charge in [-0.3, -0.25) is 14.5 Å². The highest BCUT2D eigenvalue weighted by Crippen LogP contribution is 2.26. The molecule has 2 heterocycles. The summed E-state index contributed by atoms with van der Waals surface area (Å²) >= 11 is 0. The Morgan fingerprint density at radius 3 is 2.64 bits per heavy atom. The van der Waals surface area contributed by atoms with Crippen LogP contribution in [0.1, 0.15) is 51.9 Å². The van der Waals surface area contributed by atoms with Crippen LogP contribution >= 0.6 is 0 Å². The van der Waals surface area contributed by atoms with Gasteiger partial charge in [0, 0.05) is 26.2 Å². The standard InChI is InChI=1S/C17H29N3O2/c1-2-6-14-17(22)20-10-9-19(12-15(20)16(21)18-14)11-13-7-4-3-5-8-13/h13-15H,2-12H2,1H3,(H,18,21)/t14-,15+/m0/s1. The third kappa shape index (κ3) is 3.29. The van der Waals surface area contributed by atoms with Crippen molar-refractivity contribution in [1.82, 2.24) is 15.1 Å². The molecule has 3 aliphatic rings. The molecule has 1 aliphatic carbocycles. The van der Waals surface area contributed by atoms with Crippen molar-refractivity contribution in [3.05, 3.63) is 0 Å². The van der Waals surface area contributed by atoms with Crippen LogP contribution in [-0.2, 0) is 9.59 Å². The highest BCUT2D eigenvalue weighted by atomic mass is 16.2. The molecule has 2 aliphatic heterocycles. The van der Waals surface area contributed by atoms with Crippen molar-refractivity contribution in [1.29, 1.82) is 0 Å². The van der Waals surface area contributed by atoms with Gasteiger partial charge in [0.2, 0.25) is 11.8 Å². The number of nitrogens with zero attached hydrogens (tertiary/aromatic N) is 2. The Bertz CT molecular complexity index is 420. The van der Waals surface area contributed by atoms with Gasteiger partial charge >= 0.3 is 0 Å². The molecule has 0 aromatic carbocycles. The predicted octanol–water partition coefficient (Wildman–Crippen LogP) is 1.38. The topological polar surface area (TPSA) is 52.7 Å². The van der Waals surface area contributed by atoms with E-state index in [4.69, 9.17) is 0 Å². The lowest BCUT2D eigenvalue weighted by Crippen LogP contribution is -2.69. The third-order valence-corrected chi connectivity index (χ3v) is 5.48. The molecule has 3 rings (SSSR count). The van der Waals surface area contributed by atoms with Crippen LogP contribution in [0.5, 0.6) is 0 Å². The number of carbonyl (C=O) groups is 2. The number of nitrogens with one attached hydrogen (secondary N) is 1. The van der Waals surface area contributed by atoms with Crippen molar-refractivity contribution < 1.29 is 9.59 Å². The summed E-state index contributed by atoms with van der Waals surface area (Å²) in [6.07, 6.45) is 8.41. The van der Waals surface area contributed by atoms with Crippen molar-refractivity contribution in [3.8, 4) is 0 Å². The summed E-state index contributed by atoms with van der Waals surface area (Å²) in [6.45, 7) is 5.50. The monoisotopic (exact) mass is 307 g/mol. The van der Waals surface area contributed by atoms with Crippen molar-refractivity contribution in [3.63, 3.8) is 0 Å². The van der Waals surface area contributed by atoms with E-state index in [-0.39, 0.29) is 23.9 Å². The zero-order valence-electron chi connectivity index (χ0n) is 13.7. The molecule has 2 amide bonds. The maximum atomic E-state index is 12.5. The molecular formula is C17H29N3O2. The molecule has 0 aromatic heterocycles. The Hall–Kier alpha value is -1.10. The van der Waals surface area contributed by atoms with Crippen LogP contribution in [-0.4, -0.2) is 59.9 Å². The number of amides is 2. The van der Waals surface area contributed by atoms with Gasteiger partial charge < -0.3 is 10.2 Å². The second-order valence-electron chi connectivity index (χ2n) is 7.16. The molecule has 0 radical (unpaired) electrons. The van der Waals surface area contributed by atoms with Gasteiger partial charge in [0.15, 0.2) is 0 Å². The number of fused-ring (bicyclic) bond motifs is 1. The Morgan fingerprint density at radius 2 is 1.91 bits per heavy atom. The molecule has 0 aromatic rings. The first kappa shape index (κ1) is 15.8. The summed E-state index contributed by atoms with van der Waals surface area (Å²) in [7, 11) is 0. The van der Waals surface area contributed by atoms with Crippen molar-refractivity contribution in [2.75, 3.05) is 26.2 Å². The zero-order valence-corrected chi connectivity index (χ0v) is 13.7. The molecule has 0 spiro atoms. The first-order valence-corrected chi connectivity index (χ1v) is 9.02. The van der Waals surface area contributed by atoms with E-state index in [9.17, 15) is 9.59 Å². The van der Waals surface area contributed by atoms with Gasteiger partial charge in [-0.1, -0.05) is 32.6 Å². The van der Waals surface area contributed by atoms with Crippen LogP contribution in [0, 0.1) is 5.92 Å². The maximum absolute atomic E-state index is 12.5. The van der Waals surface area contributed by atoms with Gasteiger partial charge in [-0.25, -0.2) is 0 Å². The van der Waals surface area contributed by atoms with Crippen molar-refractivity contribution in [2.24, 2.45) is 5.92 Å². The van der Waals surface area contributed by atoms with Gasteiger partial charge in [-0.05, 0) is 25.2 Å². The highest BCUT2D eigenvalue weighted by Gasteiger charge is 2.43. The van der Waals surface area contributed by atoms with E-state index in [0.29, 0.717) is 13.1 Å². The number of carbonyl (C=O) groups excluding carboxylic acids is 2. The molecule has 1 N–H and O–H groups in total. The predicted molar refractivity (Wildman–Crippen MR) is 85.4 cm³/mol. The molecule has 2 saturated heterocycles. The van der Waals surface area contributed by atoms with E-state index >= 15 is 0 Å². The van der Waals surface area contributed by atoms with Gasteiger partial charge in [0.1, 0.15) is 12.1 Å². The molecule has 1 saturated carbocycles. The second kappa shape index (κ2) is 6.99. The molecular weight excluding hydrogens is 278 g/mol. The quantitative estimate of drug-likeness (QED) is 0.854. The van der Waals surface area contributed by atoms with Gasteiger partial charge in [-0.15, -0.1) is 0 Å². The van der Waals surface area contributed by atoms with Gasteiger partial charge in [-0.2, -0.15) is 0 Å². The SMILES string of the molecule is CCC[C@@H]1NC(=O)[C@H]2CN(CC3CCCCC3)CCN2C1=O. The number of piperazine rings is 2. The van der Waals surface area contributed by atoms with Crippen LogP contribution in [0.3, 0.4) is 0 Å². The fraction of sp³-hybridized carbons (Fsp3) is 0.882. The first-order chi connectivity index (χ1) is 10.7.